The molecule has 0 amide bonds. The molecule has 7 heteroatoms. The zero-order valence-electron chi connectivity index (χ0n) is 11.7. The third-order valence-corrected chi connectivity index (χ3v) is 3.72. The molecule has 1 aromatic carbocycles. The molecule has 3 heterocycles. The molecule has 1 N–H and O–H groups in total. The number of fused-ring (bicyclic) bond motifs is 2. The van der Waals surface area contributed by atoms with Gasteiger partial charge in [-0.15, -0.1) is 5.10 Å². The van der Waals surface area contributed by atoms with Gasteiger partial charge in [0.1, 0.15) is 5.58 Å². The summed E-state index contributed by atoms with van der Waals surface area (Å²) >= 11 is 5.98. The number of pyridine rings is 1. The van der Waals surface area contributed by atoms with E-state index in [4.69, 9.17) is 21.4 Å². The number of hydrogen-bond acceptors (Lipinski definition) is 5. The SMILES string of the molecule is N=c1c2cc3cc(Cl)ccc3oc-2nn1C(=O)c1ccncc1. The van der Waals surface area contributed by atoms with Crippen molar-refractivity contribution in [3.05, 3.63) is 64.9 Å². The molecule has 2 aliphatic rings. The van der Waals surface area contributed by atoms with Crippen molar-refractivity contribution >= 4 is 28.5 Å². The van der Waals surface area contributed by atoms with Crippen molar-refractivity contribution in [1.82, 2.24) is 14.8 Å². The van der Waals surface area contributed by atoms with Gasteiger partial charge in [0.25, 0.3) is 5.91 Å². The van der Waals surface area contributed by atoms with E-state index >= 15 is 0 Å². The second-order valence-corrected chi connectivity index (χ2v) is 5.39. The van der Waals surface area contributed by atoms with Crippen LogP contribution in [0, 0.1) is 5.41 Å². The van der Waals surface area contributed by atoms with E-state index in [1.165, 1.54) is 12.4 Å². The smallest absolute Gasteiger partial charge is 0.280 e. The Morgan fingerprint density at radius 3 is 2.74 bits per heavy atom. The van der Waals surface area contributed by atoms with Gasteiger partial charge in [-0.25, -0.2) is 0 Å². The highest BCUT2D eigenvalue weighted by Crippen LogP contribution is 2.26. The van der Waals surface area contributed by atoms with E-state index in [9.17, 15) is 4.79 Å². The Morgan fingerprint density at radius 1 is 1.17 bits per heavy atom. The Balaban J connectivity index is 1.94. The standard InChI is InChI=1S/C16H9ClN4O2/c17-11-1-2-13-10(7-11)8-12-14(18)21(20-15(12)23-13)16(22)9-3-5-19-6-4-9/h1-8,18H. The summed E-state index contributed by atoms with van der Waals surface area (Å²) in [6.07, 6.45) is 3.03. The molecule has 0 spiro atoms. The zero-order chi connectivity index (χ0) is 16.0. The maximum Gasteiger partial charge on any atom is 0.280 e. The molecule has 4 rings (SSSR count). The van der Waals surface area contributed by atoms with Crippen LogP contribution in [0.5, 0.6) is 0 Å². The van der Waals surface area contributed by atoms with Gasteiger partial charge in [0.15, 0.2) is 5.49 Å². The highest BCUT2D eigenvalue weighted by molar-refractivity contribution is 6.31. The van der Waals surface area contributed by atoms with Gasteiger partial charge in [-0.05, 0) is 36.4 Å². The molecule has 0 fully saturated rings. The first-order valence-electron chi connectivity index (χ1n) is 6.75. The number of carbonyl (C=O) groups excluding carboxylic acids is 1. The third-order valence-electron chi connectivity index (χ3n) is 3.49. The monoisotopic (exact) mass is 324 g/mol. The van der Waals surface area contributed by atoms with Crippen LogP contribution in [-0.4, -0.2) is 20.7 Å². The summed E-state index contributed by atoms with van der Waals surface area (Å²) in [4.78, 5) is 16.3. The lowest BCUT2D eigenvalue weighted by Crippen LogP contribution is -2.25. The Labute approximate surface area is 134 Å². The molecule has 1 aromatic heterocycles. The van der Waals surface area contributed by atoms with Crippen molar-refractivity contribution in [2.75, 3.05) is 0 Å². The van der Waals surface area contributed by atoms with Crippen molar-refractivity contribution in [3.8, 4) is 11.5 Å². The zero-order valence-corrected chi connectivity index (χ0v) is 12.4. The summed E-state index contributed by atoms with van der Waals surface area (Å²) in [5.74, 6) is -0.182. The number of hydrogen-bond donors (Lipinski definition) is 1. The fourth-order valence-corrected chi connectivity index (χ4v) is 2.54. The van der Waals surface area contributed by atoms with Gasteiger partial charge in [-0.1, -0.05) is 11.6 Å². The van der Waals surface area contributed by atoms with E-state index < -0.39 is 5.91 Å². The molecule has 112 valence electrons. The molecule has 0 saturated heterocycles. The van der Waals surface area contributed by atoms with Gasteiger partial charge in [0, 0.05) is 28.4 Å². The fourth-order valence-electron chi connectivity index (χ4n) is 2.36. The lowest BCUT2D eigenvalue weighted by molar-refractivity contribution is 0.0939. The molecule has 23 heavy (non-hydrogen) atoms. The highest BCUT2D eigenvalue weighted by atomic mass is 35.5. The highest BCUT2D eigenvalue weighted by Gasteiger charge is 2.20. The van der Waals surface area contributed by atoms with Crippen molar-refractivity contribution in [2.24, 2.45) is 0 Å². The van der Waals surface area contributed by atoms with E-state index in [2.05, 4.69) is 10.1 Å². The van der Waals surface area contributed by atoms with Crippen LogP contribution in [-0.2, 0) is 0 Å². The molecule has 0 unspecified atom stereocenters. The molecule has 0 bridgehead atoms. The maximum absolute atomic E-state index is 12.5. The fraction of sp³-hybridized carbons (Fsp3) is 0. The molecular formula is C16H9ClN4O2. The Kier molecular flexibility index (Phi) is 2.99. The molecule has 6 nitrogen and oxygen atoms in total. The van der Waals surface area contributed by atoms with E-state index in [1.807, 2.05) is 0 Å². The number of aromatic nitrogens is 3. The van der Waals surface area contributed by atoms with E-state index in [-0.39, 0.29) is 11.4 Å². The predicted octanol–water partition coefficient (Wildman–Crippen LogP) is 2.95. The Hall–Kier alpha value is -2.99. The minimum absolute atomic E-state index is 0.0348. The summed E-state index contributed by atoms with van der Waals surface area (Å²) in [6.45, 7) is 0. The summed E-state index contributed by atoms with van der Waals surface area (Å²) < 4.78 is 6.69. The normalized spacial score (nSPS) is 11.2. The number of carbonyl (C=O) groups is 1. The van der Waals surface area contributed by atoms with E-state index in [0.717, 1.165) is 10.1 Å². The molecule has 2 aliphatic heterocycles. The van der Waals surface area contributed by atoms with E-state index in [1.54, 1.807) is 36.4 Å². The summed E-state index contributed by atoms with van der Waals surface area (Å²) in [6, 6.07) is 10.1. The average molecular weight is 325 g/mol. The number of nitrogens with one attached hydrogen (secondary N) is 1. The van der Waals surface area contributed by atoms with Crippen LogP contribution in [0.25, 0.3) is 22.4 Å². The summed E-state index contributed by atoms with van der Waals surface area (Å²) in [7, 11) is 0. The van der Waals surface area contributed by atoms with Crippen molar-refractivity contribution in [2.45, 2.75) is 0 Å². The van der Waals surface area contributed by atoms with Crippen LogP contribution in [0.4, 0.5) is 0 Å². The van der Waals surface area contributed by atoms with Crippen LogP contribution >= 0.6 is 11.6 Å². The average Bonchev–Trinajstić information content (AvgIpc) is 2.89. The third kappa shape index (κ3) is 2.20. The van der Waals surface area contributed by atoms with Crippen LogP contribution in [0.3, 0.4) is 0 Å². The molecule has 0 aliphatic carbocycles. The first kappa shape index (κ1) is 13.7. The quantitative estimate of drug-likeness (QED) is 0.583. The van der Waals surface area contributed by atoms with Gasteiger partial charge in [0.2, 0.25) is 5.89 Å². The Morgan fingerprint density at radius 2 is 1.96 bits per heavy atom. The lowest BCUT2D eigenvalue weighted by Gasteiger charge is -2.00. The van der Waals surface area contributed by atoms with Crippen molar-refractivity contribution in [1.29, 1.82) is 5.41 Å². The lowest BCUT2D eigenvalue weighted by atomic mass is 10.2. The van der Waals surface area contributed by atoms with Crippen LogP contribution in [0.2, 0.25) is 5.02 Å². The van der Waals surface area contributed by atoms with Gasteiger partial charge < -0.3 is 4.42 Å². The number of rotatable bonds is 1. The molecule has 0 atom stereocenters. The minimum atomic E-state index is -0.411. The molecule has 0 radical (unpaired) electrons. The van der Waals surface area contributed by atoms with Crippen LogP contribution in [0.15, 0.2) is 53.2 Å². The van der Waals surface area contributed by atoms with Gasteiger partial charge >= 0.3 is 0 Å². The number of benzene rings is 1. The van der Waals surface area contributed by atoms with E-state index in [0.29, 0.717) is 21.7 Å². The second-order valence-electron chi connectivity index (χ2n) is 4.95. The molecule has 0 saturated carbocycles. The number of halogens is 1. The minimum Gasteiger partial charge on any atom is -0.436 e. The van der Waals surface area contributed by atoms with Crippen LogP contribution in [0.1, 0.15) is 10.4 Å². The van der Waals surface area contributed by atoms with Gasteiger partial charge in [0.05, 0.1) is 5.56 Å². The second kappa shape index (κ2) is 5.03. The summed E-state index contributed by atoms with van der Waals surface area (Å²) in [5.41, 5.74) is 1.39. The predicted molar refractivity (Wildman–Crippen MR) is 83.5 cm³/mol. The summed E-state index contributed by atoms with van der Waals surface area (Å²) in [5, 5.41) is 13.6. The first-order valence-corrected chi connectivity index (χ1v) is 7.13. The first-order chi connectivity index (χ1) is 11.1. The molecule has 2 aromatic rings. The largest absolute Gasteiger partial charge is 0.436 e. The van der Waals surface area contributed by atoms with Gasteiger partial charge in [-0.2, -0.15) is 4.68 Å². The molecular weight excluding hydrogens is 316 g/mol. The van der Waals surface area contributed by atoms with Gasteiger partial charge in [-0.3, -0.25) is 15.2 Å². The number of nitrogens with zero attached hydrogens (tertiary/aromatic N) is 3. The Bertz CT molecular complexity index is 1070. The van der Waals surface area contributed by atoms with Crippen LogP contribution < -0.4 is 5.49 Å². The maximum atomic E-state index is 12.5. The van der Waals surface area contributed by atoms with Crippen molar-refractivity contribution < 1.29 is 9.21 Å². The topological polar surface area (TPSA) is 84.8 Å². The van der Waals surface area contributed by atoms with Crippen molar-refractivity contribution in [3.63, 3.8) is 0 Å².